The Hall–Kier alpha value is -1.90. The van der Waals surface area contributed by atoms with Gasteiger partial charge < -0.3 is 5.11 Å². The van der Waals surface area contributed by atoms with Crippen LogP contribution < -0.4 is 4.72 Å². The maximum absolute atomic E-state index is 12.7. The van der Waals surface area contributed by atoms with Crippen LogP contribution in [0, 0.1) is 0 Å². The van der Waals surface area contributed by atoms with E-state index in [9.17, 15) is 18.3 Å². The number of rotatable bonds is 6. The third-order valence-electron chi connectivity index (χ3n) is 4.34. The third-order valence-corrected chi connectivity index (χ3v) is 6.82. The van der Waals surface area contributed by atoms with Crippen molar-refractivity contribution in [3.8, 4) is 0 Å². The van der Waals surface area contributed by atoms with Gasteiger partial charge in [0, 0.05) is 12.2 Å². The van der Waals surface area contributed by atoms with Crippen molar-refractivity contribution in [1.82, 2.24) is 4.90 Å². The molecule has 25 heavy (non-hydrogen) atoms. The molecule has 134 valence electrons. The number of hydrogen-bond acceptors (Lipinski definition) is 5. The Morgan fingerprint density at radius 2 is 2.04 bits per heavy atom. The van der Waals surface area contributed by atoms with Gasteiger partial charge in [0.15, 0.2) is 0 Å². The number of carbonyl (C=O) groups is 1. The molecule has 2 aromatic rings. The molecule has 1 saturated heterocycles. The summed E-state index contributed by atoms with van der Waals surface area (Å²) >= 11 is 1.44. The van der Waals surface area contributed by atoms with Crippen molar-refractivity contribution in [3.05, 3.63) is 52.7 Å². The Bertz CT molecular complexity index is 806. The Balaban J connectivity index is 1.77. The van der Waals surface area contributed by atoms with Crippen LogP contribution in [0.25, 0.3) is 0 Å². The van der Waals surface area contributed by atoms with E-state index < -0.39 is 27.3 Å². The third kappa shape index (κ3) is 4.20. The van der Waals surface area contributed by atoms with Crippen molar-refractivity contribution in [1.29, 1.82) is 0 Å². The molecule has 2 unspecified atom stereocenters. The summed E-state index contributed by atoms with van der Waals surface area (Å²) in [5.74, 6) is -0.951. The highest BCUT2D eigenvalue weighted by Crippen LogP contribution is 2.29. The second-order valence-corrected chi connectivity index (χ2v) is 8.81. The van der Waals surface area contributed by atoms with Gasteiger partial charge in [0.2, 0.25) is 10.0 Å². The van der Waals surface area contributed by atoms with Gasteiger partial charge in [-0.25, -0.2) is 8.42 Å². The van der Waals surface area contributed by atoms with Gasteiger partial charge in [-0.1, -0.05) is 18.2 Å². The summed E-state index contributed by atoms with van der Waals surface area (Å²) in [6.07, 6.45) is 1.17. The molecule has 1 fully saturated rings. The van der Waals surface area contributed by atoms with Crippen molar-refractivity contribution >= 4 is 33.0 Å². The fraction of sp³-hybridized carbons (Fsp3) is 0.353. The van der Waals surface area contributed by atoms with Crippen LogP contribution in [-0.4, -0.2) is 42.7 Å². The van der Waals surface area contributed by atoms with Crippen molar-refractivity contribution < 1.29 is 18.3 Å². The number of sulfonamides is 1. The zero-order chi connectivity index (χ0) is 17.9. The number of aliphatic carboxylic acids is 1. The first kappa shape index (κ1) is 17.9. The van der Waals surface area contributed by atoms with Crippen molar-refractivity contribution in [2.24, 2.45) is 0 Å². The molecule has 0 amide bonds. The number of nitrogens with one attached hydrogen (secondary N) is 1. The summed E-state index contributed by atoms with van der Waals surface area (Å²) in [4.78, 5) is 13.5. The first-order valence-electron chi connectivity index (χ1n) is 8.03. The normalized spacial score (nSPS) is 20.1. The van der Waals surface area contributed by atoms with Crippen LogP contribution in [0.1, 0.15) is 24.4 Å². The number of carboxylic acid groups (broad SMARTS) is 1. The minimum Gasteiger partial charge on any atom is -0.480 e. The molecule has 0 bridgehead atoms. The second-order valence-electron chi connectivity index (χ2n) is 6.07. The summed E-state index contributed by atoms with van der Waals surface area (Å²) < 4.78 is 28.0. The van der Waals surface area contributed by atoms with Gasteiger partial charge in [0.1, 0.15) is 6.04 Å². The zero-order valence-corrected chi connectivity index (χ0v) is 15.2. The number of thiophene rings is 1. The van der Waals surface area contributed by atoms with Gasteiger partial charge >= 0.3 is 5.97 Å². The summed E-state index contributed by atoms with van der Waals surface area (Å²) in [7, 11) is -3.58. The molecule has 1 aliphatic heterocycles. The summed E-state index contributed by atoms with van der Waals surface area (Å²) in [6, 6.07) is 9.72. The molecule has 2 N–H and O–H groups in total. The van der Waals surface area contributed by atoms with Gasteiger partial charge in [-0.2, -0.15) is 11.3 Å². The summed E-state index contributed by atoms with van der Waals surface area (Å²) in [5, 5.41) is 12.6. The van der Waals surface area contributed by atoms with Crippen LogP contribution in [-0.2, 0) is 14.8 Å². The van der Waals surface area contributed by atoms with Crippen LogP contribution in [0.4, 0.5) is 5.69 Å². The number of piperidine rings is 1. The number of likely N-dealkylation sites (tertiary alicyclic amines) is 1. The molecule has 1 aliphatic rings. The Kier molecular flexibility index (Phi) is 5.41. The van der Waals surface area contributed by atoms with E-state index in [1.807, 2.05) is 11.4 Å². The van der Waals surface area contributed by atoms with Gasteiger partial charge in [-0.05, 0) is 53.9 Å². The molecule has 8 heteroatoms. The summed E-state index contributed by atoms with van der Waals surface area (Å²) in [6.45, 7) is 0.777. The molecule has 0 saturated carbocycles. The maximum atomic E-state index is 12.7. The number of nitrogens with zero attached hydrogens (tertiary/aromatic N) is 1. The lowest BCUT2D eigenvalue weighted by Crippen LogP contribution is -2.47. The van der Waals surface area contributed by atoms with E-state index >= 15 is 0 Å². The lowest BCUT2D eigenvalue weighted by Gasteiger charge is -2.35. The quantitative estimate of drug-likeness (QED) is 0.805. The van der Waals surface area contributed by atoms with E-state index in [0.29, 0.717) is 30.6 Å². The Labute approximate surface area is 151 Å². The van der Waals surface area contributed by atoms with Crippen LogP contribution >= 0.6 is 11.3 Å². The van der Waals surface area contributed by atoms with E-state index in [4.69, 9.17) is 0 Å². The predicted octanol–water partition coefficient (Wildman–Crippen LogP) is 2.78. The minimum atomic E-state index is -3.58. The average Bonchev–Trinajstić information content (AvgIpc) is 3.09. The topological polar surface area (TPSA) is 86.7 Å². The van der Waals surface area contributed by atoms with Crippen LogP contribution in [0.5, 0.6) is 0 Å². The molecule has 0 spiro atoms. The molecule has 3 rings (SSSR count). The number of carboxylic acids is 1. The predicted molar refractivity (Wildman–Crippen MR) is 98.3 cm³/mol. The maximum Gasteiger partial charge on any atom is 0.325 e. The van der Waals surface area contributed by atoms with Crippen molar-refractivity contribution in [2.75, 3.05) is 17.8 Å². The first-order valence-corrected chi connectivity index (χ1v) is 10.5. The molecule has 2 atom stereocenters. The Morgan fingerprint density at radius 3 is 2.68 bits per heavy atom. The molecular weight excluding hydrogens is 360 g/mol. The molecule has 0 radical (unpaired) electrons. The fourth-order valence-corrected chi connectivity index (χ4v) is 5.32. The monoisotopic (exact) mass is 380 g/mol. The van der Waals surface area contributed by atoms with Gasteiger partial charge in [-0.15, -0.1) is 0 Å². The first-order chi connectivity index (χ1) is 12.0. The van der Waals surface area contributed by atoms with Crippen molar-refractivity contribution in [2.45, 2.75) is 24.1 Å². The lowest BCUT2D eigenvalue weighted by atomic mass is 10.0. The molecular formula is C17H20N2O4S2. The second kappa shape index (κ2) is 7.55. The van der Waals surface area contributed by atoms with E-state index in [1.165, 1.54) is 11.3 Å². The highest BCUT2D eigenvalue weighted by Gasteiger charge is 2.36. The average molecular weight is 380 g/mol. The SMILES string of the molecule is O=C(O)C(c1ccsc1)N1CCCC(S(=O)(=O)Nc2ccccc2)C1. The molecule has 1 aromatic carbocycles. The fourth-order valence-electron chi connectivity index (χ4n) is 3.15. The smallest absolute Gasteiger partial charge is 0.325 e. The standard InChI is InChI=1S/C17H20N2O4S2/c20-17(21)16(13-8-10-24-12-13)19-9-4-7-15(11-19)25(22,23)18-14-5-2-1-3-6-14/h1-3,5-6,8,10,12,15-16,18H,4,7,9,11H2,(H,20,21). The Morgan fingerprint density at radius 1 is 1.28 bits per heavy atom. The highest BCUT2D eigenvalue weighted by molar-refractivity contribution is 7.93. The molecule has 0 aliphatic carbocycles. The largest absolute Gasteiger partial charge is 0.480 e. The van der Waals surface area contributed by atoms with E-state index in [-0.39, 0.29) is 6.54 Å². The van der Waals surface area contributed by atoms with E-state index in [0.717, 1.165) is 0 Å². The number of hydrogen-bond donors (Lipinski definition) is 2. The lowest BCUT2D eigenvalue weighted by molar-refractivity contribution is -0.144. The van der Waals surface area contributed by atoms with Gasteiger partial charge in [0.25, 0.3) is 0 Å². The summed E-state index contributed by atoms with van der Waals surface area (Å²) in [5.41, 5.74) is 1.22. The minimum absolute atomic E-state index is 0.203. The number of anilines is 1. The molecule has 1 aromatic heterocycles. The molecule has 6 nitrogen and oxygen atoms in total. The van der Waals surface area contributed by atoms with Crippen LogP contribution in [0.3, 0.4) is 0 Å². The number of benzene rings is 1. The highest BCUT2D eigenvalue weighted by atomic mass is 32.2. The van der Waals surface area contributed by atoms with Crippen molar-refractivity contribution in [3.63, 3.8) is 0 Å². The molecule has 2 heterocycles. The van der Waals surface area contributed by atoms with E-state index in [1.54, 1.807) is 40.6 Å². The zero-order valence-electron chi connectivity index (χ0n) is 13.5. The van der Waals surface area contributed by atoms with Crippen LogP contribution in [0.15, 0.2) is 47.2 Å². The van der Waals surface area contributed by atoms with Gasteiger partial charge in [-0.3, -0.25) is 14.4 Å². The van der Waals surface area contributed by atoms with E-state index in [2.05, 4.69) is 4.72 Å². The van der Waals surface area contributed by atoms with Gasteiger partial charge in [0.05, 0.1) is 5.25 Å². The van der Waals surface area contributed by atoms with Crippen LogP contribution in [0.2, 0.25) is 0 Å². The number of para-hydroxylation sites is 1.